The van der Waals surface area contributed by atoms with E-state index >= 15 is 0 Å². The molecule has 0 aromatic heterocycles. The van der Waals surface area contributed by atoms with Gasteiger partial charge in [-0.05, 0) is 43.9 Å². The normalized spacial score (nSPS) is 27.3. The molecule has 1 amide bonds. The number of amides is 1. The summed E-state index contributed by atoms with van der Waals surface area (Å²) in [5, 5.41) is 3.61. The summed E-state index contributed by atoms with van der Waals surface area (Å²) in [5.74, 6) is 0.194. The van der Waals surface area contributed by atoms with Crippen molar-refractivity contribution in [3.8, 4) is 5.75 Å². The Labute approximate surface area is 193 Å². The van der Waals surface area contributed by atoms with Crippen molar-refractivity contribution in [2.24, 2.45) is 5.92 Å². The molecule has 4 unspecified atom stereocenters. The smallest absolute Gasteiger partial charge is 0.416 e. The largest absolute Gasteiger partial charge is 0.473 e. The van der Waals surface area contributed by atoms with Crippen LogP contribution in [0.1, 0.15) is 57.1 Å². The fraction of sp³-hybridized carbons (Fsp3) is 0.708. The minimum atomic E-state index is -4.42. The van der Waals surface area contributed by atoms with Gasteiger partial charge in [0.2, 0.25) is 5.91 Å². The van der Waals surface area contributed by atoms with Crippen LogP contribution in [0.3, 0.4) is 0 Å². The Balaban J connectivity index is 0.000000968. The van der Waals surface area contributed by atoms with Crippen molar-refractivity contribution in [1.82, 2.24) is 10.2 Å². The maximum atomic E-state index is 13.0. The van der Waals surface area contributed by atoms with Crippen molar-refractivity contribution in [3.63, 3.8) is 0 Å². The van der Waals surface area contributed by atoms with E-state index in [4.69, 9.17) is 14.2 Å². The van der Waals surface area contributed by atoms with Crippen LogP contribution in [-0.4, -0.2) is 56.0 Å². The average molecular weight is 473 g/mol. The molecule has 1 saturated heterocycles. The van der Waals surface area contributed by atoms with Crippen molar-refractivity contribution in [1.29, 1.82) is 0 Å². The minimum absolute atomic E-state index is 0.00308. The number of hydrogen-bond acceptors (Lipinski definition) is 5. The van der Waals surface area contributed by atoms with Crippen LogP contribution in [0.4, 0.5) is 13.2 Å². The summed E-state index contributed by atoms with van der Waals surface area (Å²) in [5.41, 5.74) is -0.337. The van der Waals surface area contributed by atoms with Gasteiger partial charge in [0.1, 0.15) is 5.75 Å². The fourth-order valence-electron chi connectivity index (χ4n) is 4.61. The molecule has 0 spiro atoms. The predicted molar refractivity (Wildman–Crippen MR) is 118 cm³/mol. The highest BCUT2D eigenvalue weighted by atomic mass is 19.4. The molecule has 1 aliphatic carbocycles. The molecular formula is C24H35F3N2O4. The monoisotopic (exact) mass is 472 g/mol. The second kappa shape index (κ2) is 11.5. The standard InChI is InChI=1S/C21H27F3N2O4.C3H8/c1-28-19-11-29-7-6-17(19)25-16-4-2-13(9-16)20(27)26-10-14-8-15(21(22,23)24)3-5-18(14)30-12-26;1-3-2/h3,5,8,13,16-17,19,25H,2,4,6-7,9-12H2,1H3;3H2,1-2H3. The van der Waals surface area contributed by atoms with Crippen molar-refractivity contribution in [2.75, 3.05) is 27.1 Å². The lowest BCUT2D eigenvalue weighted by Crippen LogP contribution is -2.50. The number of nitrogens with one attached hydrogen (secondary N) is 1. The predicted octanol–water partition coefficient (Wildman–Crippen LogP) is 4.36. The topological polar surface area (TPSA) is 60.0 Å². The number of methoxy groups -OCH3 is 1. The van der Waals surface area contributed by atoms with Crippen LogP contribution in [0.2, 0.25) is 0 Å². The number of halogens is 3. The summed E-state index contributed by atoms with van der Waals surface area (Å²) in [6, 6.07) is 3.83. The molecule has 4 rings (SSSR count). The van der Waals surface area contributed by atoms with E-state index in [0.29, 0.717) is 30.9 Å². The molecule has 33 heavy (non-hydrogen) atoms. The first-order valence-electron chi connectivity index (χ1n) is 11.7. The van der Waals surface area contributed by atoms with Crippen LogP contribution in [0.5, 0.6) is 5.75 Å². The summed E-state index contributed by atoms with van der Waals surface area (Å²) in [7, 11) is 1.67. The van der Waals surface area contributed by atoms with E-state index in [0.717, 1.165) is 31.4 Å². The number of carbonyl (C=O) groups is 1. The Bertz CT molecular complexity index is 789. The first-order chi connectivity index (χ1) is 15.8. The Morgan fingerprint density at radius 3 is 2.70 bits per heavy atom. The highest BCUT2D eigenvalue weighted by Crippen LogP contribution is 2.36. The SMILES string of the molecule is CCC.COC1COCCC1NC1CCC(C(=O)N2COc3ccc(C(F)(F)F)cc3C2)C1. The molecule has 2 fully saturated rings. The molecule has 1 aromatic carbocycles. The number of carbonyl (C=O) groups excluding carboxylic acids is 1. The third-order valence-electron chi connectivity index (χ3n) is 6.28. The third-order valence-corrected chi connectivity index (χ3v) is 6.28. The van der Waals surface area contributed by atoms with Gasteiger partial charge in [-0.2, -0.15) is 13.2 Å². The lowest BCUT2D eigenvalue weighted by molar-refractivity contribution is -0.140. The fourth-order valence-corrected chi connectivity index (χ4v) is 4.61. The third kappa shape index (κ3) is 6.61. The zero-order chi connectivity index (χ0) is 24.0. The zero-order valence-corrected chi connectivity index (χ0v) is 19.6. The first kappa shape index (κ1) is 25.8. The molecule has 0 bridgehead atoms. The van der Waals surface area contributed by atoms with Gasteiger partial charge >= 0.3 is 6.18 Å². The van der Waals surface area contributed by atoms with Crippen LogP contribution in [-0.2, 0) is 27.0 Å². The average Bonchev–Trinajstić information content (AvgIpc) is 3.26. The first-order valence-corrected chi connectivity index (χ1v) is 11.7. The lowest BCUT2D eigenvalue weighted by Gasteiger charge is -2.33. The van der Waals surface area contributed by atoms with Gasteiger partial charge in [-0.25, -0.2) is 0 Å². The summed E-state index contributed by atoms with van der Waals surface area (Å²) < 4.78 is 55.5. The van der Waals surface area contributed by atoms with Gasteiger partial charge in [0.15, 0.2) is 6.73 Å². The van der Waals surface area contributed by atoms with Crippen molar-refractivity contribution < 1.29 is 32.2 Å². The van der Waals surface area contributed by atoms with Gasteiger partial charge in [-0.15, -0.1) is 0 Å². The molecule has 6 nitrogen and oxygen atoms in total. The number of benzene rings is 1. The molecule has 9 heteroatoms. The second-order valence-corrected chi connectivity index (χ2v) is 8.95. The molecule has 1 saturated carbocycles. The quantitative estimate of drug-likeness (QED) is 0.706. The molecule has 1 aromatic rings. The number of nitrogens with zero attached hydrogens (tertiary/aromatic N) is 1. The van der Waals surface area contributed by atoms with E-state index in [1.54, 1.807) is 7.11 Å². The molecule has 0 radical (unpaired) electrons. The minimum Gasteiger partial charge on any atom is -0.473 e. The van der Waals surface area contributed by atoms with Crippen LogP contribution in [0.15, 0.2) is 18.2 Å². The van der Waals surface area contributed by atoms with Crippen molar-refractivity contribution in [3.05, 3.63) is 29.3 Å². The Morgan fingerprint density at radius 2 is 2.00 bits per heavy atom. The van der Waals surface area contributed by atoms with E-state index in [2.05, 4.69) is 19.2 Å². The van der Waals surface area contributed by atoms with Crippen molar-refractivity contribution >= 4 is 5.91 Å². The number of ether oxygens (including phenoxy) is 3. The Hall–Kier alpha value is -1.84. The van der Waals surface area contributed by atoms with Gasteiger partial charge in [0.25, 0.3) is 0 Å². The number of fused-ring (bicyclic) bond motifs is 1. The van der Waals surface area contributed by atoms with Gasteiger partial charge in [0, 0.05) is 37.3 Å². The van der Waals surface area contributed by atoms with Gasteiger partial charge in [-0.3, -0.25) is 4.79 Å². The highest BCUT2D eigenvalue weighted by molar-refractivity contribution is 5.79. The van der Waals surface area contributed by atoms with Crippen molar-refractivity contribution in [2.45, 2.75) is 76.9 Å². The highest BCUT2D eigenvalue weighted by Gasteiger charge is 2.37. The molecule has 2 heterocycles. The summed E-state index contributed by atoms with van der Waals surface area (Å²) >= 11 is 0. The molecule has 4 atom stereocenters. The van der Waals surface area contributed by atoms with Crippen LogP contribution < -0.4 is 10.1 Å². The van der Waals surface area contributed by atoms with E-state index in [1.807, 2.05) is 0 Å². The second-order valence-electron chi connectivity index (χ2n) is 8.95. The summed E-state index contributed by atoms with van der Waals surface area (Å²) in [4.78, 5) is 14.5. The summed E-state index contributed by atoms with van der Waals surface area (Å²) in [6.07, 6.45) is 0.0421. The van der Waals surface area contributed by atoms with Crippen LogP contribution in [0, 0.1) is 5.92 Å². The van der Waals surface area contributed by atoms with E-state index < -0.39 is 11.7 Å². The zero-order valence-electron chi connectivity index (χ0n) is 19.6. The van der Waals surface area contributed by atoms with E-state index in [1.165, 1.54) is 17.4 Å². The van der Waals surface area contributed by atoms with Gasteiger partial charge < -0.3 is 24.4 Å². The van der Waals surface area contributed by atoms with Gasteiger partial charge in [0.05, 0.1) is 24.8 Å². The van der Waals surface area contributed by atoms with E-state index in [-0.39, 0.29) is 43.3 Å². The Kier molecular flexibility index (Phi) is 9.01. The molecule has 3 aliphatic rings. The molecule has 2 aliphatic heterocycles. The van der Waals surface area contributed by atoms with E-state index in [9.17, 15) is 18.0 Å². The lowest BCUT2D eigenvalue weighted by atomic mass is 10.0. The Morgan fingerprint density at radius 1 is 1.24 bits per heavy atom. The summed E-state index contributed by atoms with van der Waals surface area (Å²) in [6.45, 7) is 5.71. The number of rotatable bonds is 4. The van der Waals surface area contributed by atoms with Crippen LogP contribution >= 0.6 is 0 Å². The number of hydrogen-bond donors (Lipinski definition) is 1. The maximum Gasteiger partial charge on any atom is 0.416 e. The molecule has 1 N–H and O–H groups in total. The maximum absolute atomic E-state index is 13.0. The van der Waals surface area contributed by atoms with Crippen LogP contribution in [0.25, 0.3) is 0 Å². The molecule has 186 valence electrons. The molecular weight excluding hydrogens is 437 g/mol. The number of alkyl halides is 3. The van der Waals surface area contributed by atoms with Gasteiger partial charge in [-0.1, -0.05) is 20.3 Å².